The zero-order valence-corrected chi connectivity index (χ0v) is 9.82. The molecule has 4 nitrogen and oxygen atoms in total. The van der Waals surface area contributed by atoms with Crippen LogP contribution in [0.4, 0.5) is 4.79 Å². The summed E-state index contributed by atoms with van der Waals surface area (Å²) in [5, 5.41) is 9.21. The van der Waals surface area contributed by atoms with Crippen molar-refractivity contribution in [2.45, 2.75) is 12.5 Å². The van der Waals surface area contributed by atoms with E-state index < -0.39 is 11.7 Å². The van der Waals surface area contributed by atoms with Gasteiger partial charge in [-0.15, -0.1) is 0 Å². The molecule has 1 rings (SSSR count). The number of carbonyl (C=O) groups is 1. The predicted molar refractivity (Wildman–Crippen MR) is 59.2 cm³/mol. The summed E-state index contributed by atoms with van der Waals surface area (Å²) >= 11 is 3.29. The van der Waals surface area contributed by atoms with Crippen molar-refractivity contribution in [3.63, 3.8) is 0 Å². The average Bonchev–Trinajstić information content (AvgIpc) is 2.17. The van der Waals surface area contributed by atoms with E-state index in [1.165, 1.54) is 0 Å². The van der Waals surface area contributed by atoms with Gasteiger partial charge in [-0.25, -0.2) is 4.79 Å². The smallest absolute Gasteiger partial charge is 0.405 e. The van der Waals surface area contributed by atoms with Gasteiger partial charge in [0.25, 0.3) is 0 Å². The Labute approximate surface area is 96.2 Å². The Morgan fingerprint density at radius 2 is 2.07 bits per heavy atom. The minimum atomic E-state index is -1.09. The highest BCUT2D eigenvalue weighted by Crippen LogP contribution is 2.26. The van der Waals surface area contributed by atoms with Crippen LogP contribution in [0.2, 0.25) is 0 Å². The predicted octanol–water partition coefficient (Wildman–Crippen LogP) is 1.75. The molecule has 0 bridgehead atoms. The number of aliphatic hydroxyl groups is 1. The normalized spacial score (nSPS) is 14.3. The van der Waals surface area contributed by atoms with Crippen LogP contribution in [-0.2, 0) is 10.3 Å². The molecular weight excluding hydrogens is 262 g/mol. The molecule has 0 heterocycles. The van der Waals surface area contributed by atoms with E-state index in [4.69, 9.17) is 10.5 Å². The van der Waals surface area contributed by atoms with Crippen molar-refractivity contribution in [1.82, 2.24) is 0 Å². The molecule has 1 aromatic rings. The summed E-state index contributed by atoms with van der Waals surface area (Å²) in [5.74, 6) is 0. The fraction of sp³-hybridized carbons (Fsp3) is 0.300. The summed E-state index contributed by atoms with van der Waals surface area (Å²) < 4.78 is 5.79. The lowest BCUT2D eigenvalue weighted by Crippen LogP contribution is -2.35. The molecule has 0 saturated heterocycles. The highest BCUT2D eigenvalue weighted by molar-refractivity contribution is 9.10. The summed E-state index contributed by atoms with van der Waals surface area (Å²) in [6.07, 6.45) is -0.908. The summed E-state index contributed by atoms with van der Waals surface area (Å²) in [4.78, 5) is 10.7. The molecule has 0 unspecified atom stereocenters. The molecule has 0 fully saturated rings. The first kappa shape index (κ1) is 12.0. The number of ether oxygens (including phenoxy) is 1. The van der Waals surface area contributed by atoms with Crippen LogP contribution in [0.3, 0.4) is 0 Å². The summed E-state index contributed by atoms with van der Waals surface area (Å²) in [7, 11) is 0. The Morgan fingerprint density at radius 3 is 2.47 bits per heavy atom. The second kappa shape index (κ2) is 4.63. The molecule has 1 aromatic carbocycles. The van der Waals surface area contributed by atoms with E-state index in [2.05, 4.69) is 15.9 Å². The van der Waals surface area contributed by atoms with Crippen molar-refractivity contribution >= 4 is 22.0 Å². The van der Waals surface area contributed by atoms with Gasteiger partial charge in [0, 0.05) is 4.47 Å². The van der Waals surface area contributed by atoms with Crippen LogP contribution in [0.5, 0.6) is 0 Å². The quantitative estimate of drug-likeness (QED) is 0.882. The summed E-state index contributed by atoms with van der Waals surface area (Å²) in [6.45, 7) is 1.28. The highest BCUT2D eigenvalue weighted by atomic mass is 79.9. The number of primary amides is 1. The fourth-order valence-electron chi connectivity index (χ4n) is 1.21. The number of hydrogen-bond acceptors (Lipinski definition) is 3. The number of aliphatic hydroxyl groups excluding tert-OH is 1. The van der Waals surface area contributed by atoms with Gasteiger partial charge in [-0.05, 0) is 24.6 Å². The van der Waals surface area contributed by atoms with E-state index in [9.17, 15) is 9.90 Å². The van der Waals surface area contributed by atoms with Crippen LogP contribution in [0.1, 0.15) is 12.5 Å². The lowest BCUT2D eigenvalue weighted by molar-refractivity contribution is -0.0166. The van der Waals surface area contributed by atoms with Gasteiger partial charge in [-0.1, -0.05) is 28.1 Å². The lowest BCUT2D eigenvalue weighted by atomic mass is 9.97. The lowest BCUT2D eigenvalue weighted by Gasteiger charge is -2.26. The maximum Gasteiger partial charge on any atom is 0.405 e. The molecule has 0 radical (unpaired) electrons. The number of hydrogen-bond donors (Lipinski definition) is 2. The zero-order chi connectivity index (χ0) is 11.5. The van der Waals surface area contributed by atoms with Crippen LogP contribution < -0.4 is 5.73 Å². The van der Waals surface area contributed by atoms with Crippen molar-refractivity contribution in [2.75, 3.05) is 6.61 Å². The van der Waals surface area contributed by atoms with E-state index in [0.717, 1.165) is 4.47 Å². The van der Waals surface area contributed by atoms with E-state index in [1.807, 2.05) is 0 Å². The minimum absolute atomic E-state index is 0.322. The molecule has 0 aliphatic rings. The van der Waals surface area contributed by atoms with Gasteiger partial charge in [-0.2, -0.15) is 0 Å². The first-order chi connectivity index (χ1) is 6.98. The molecule has 0 aromatic heterocycles. The fourth-order valence-corrected chi connectivity index (χ4v) is 1.47. The Bertz CT molecular complexity index is 352. The first-order valence-corrected chi connectivity index (χ1v) is 5.12. The molecule has 15 heavy (non-hydrogen) atoms. The molecule has 0 aliphatic carbocycles. The van der Waals surface area contributed by atoms with E-state index in [-0.39, 0.29) is 6.61 Å². The first-order valence-electron chi connectivity index (χ1n) is 4.33. The van der Waals surface area contributed by atoms with Crippen LogP contribution >= 0.6 is 15.9 Å². The van der Waals surface area contributed by atoms with Crippen molar-refractivity contribution in [3.05, 3.63) is 34.3 Å². The van der Waals surface area contributed by atoms with E-state index in [0.29, 0.717) is 5.56 Å². The summed E-state index contributed by atoms with van der Waals surface area (Å²) in [6, 6.07) is 7.10. The van der Waals surface area contributed by atoms with Gasteiger partial charge in [0.2, 0.25) is 0 Å². The van der Waals surface area contributed by atoms with Crippen molar-refractivity contribution < 1.29 is 14.6 Å². The molecule has 82 valence electrons. The number of halogens is 1. The van der Waals surface area contributed by atoms with Crippen LogP contribution in [0.25, 0.3) is 0 Å². The van der Waals surface area contributed by atoms with Gasteiger partial charge in [0.15, 0.2) is 5.60 Å². The summed E-state index contributed by atoms with van der Waals surface area (Å²) in [5.41, 5.74) is 4.54. The third kappa shape index (κ3) is 2.94. The molecular formula is C10H12BrNO3. The molecule has 5 heteroatoms. The Balaban J connectivity index is 3.00. The van der Waals surface area contributed by atoms with E-state index in [1.54, 1.807) is 31.2 Å². The third-order valence-electron chi connectivity index (χ3n) is 2.08. The SMILES string of the molecule is C[C@@](CO)(OC(N)=O)c1ccc(Br)cc1. The van der Waals surface area contributed by atoms with Crippen molar-refractivity contribution in [3.8, 4) is 0 Å². The van der Waals surface area contributed by atoms with Gasteiger partial charge in [-0.3, -0.25) is 0 Å². The molecule has 1 atom stereocenters. The Morgan fingerprint density at radius 1 is 1.53 bits per heavy atom. The maximum absolute atomic E-state index is 10.7. The van der Waals surface area contributed by atoms with Gasteiger partial charge in [0.05, 0.1) is 6.61 Å². The van der Waals surface area contributed by atoms with Crippen LogP contribution in [-0.4, -0.2) is 17.8 Å². The van der Waals surface area contributed by atoms with Crippen LogP contribution in [0.15, 0.2) is 28.7 Å². The highest BCUT2D eigenvalue weighted by Gasteiger charge is 2.29. The zero-order valence-electron chi connectivity index (χ0n) is 8.24. The van der Waals surface area contributed by atoms with Crippen molar-refractivity contribution in [2.24, 2.45) is 5.73 Å². The molecule has 1 amide bonds. The topological polar surface area (TPSA) is 72.6 Å². The van der Waals surface area contributed by atoms with Gasteiger partial charge in [0.1, 0.15) is 0 Å². The van der Waals surface area contributed by atoms with Gasteiger partial charge >= 0.3 is 6.09 Å². The third-order valence-corrected chi connectivity index (χ3v) is 2.61. The van der Waals surface area contributed by atoms with Gasteiger partial charge < -0.3 is 15.6 Å². The average molecular weight is 274 g/mol. The monoisotopic (exact) mass is 273 g/mol. The molecule has 0 saturated carbocycles. The van der Waals surface area contributed by atoms with E-state index >= 15 is 0 Å². The number of rotatable bonds is 3. The molecule has 3 N–H and O–H groups in total. The molecule has 0 aliphatic heterocycles. The minimum Gasteiger partial charge on any atom is -0.436 e. The number of carbonyl (C=O) groups excluding carboxylic acids is 1. The van der Waals surface area contributed by atoms with Crippen molar-refractivity contribution in [1.29, 1.82) is 0 Å². The number of nitrogens with two attached hydrogens (primary N) is 1. The second-order valence-corrected chi connectivity index (χ2v) is 4.23. The Kier molecular flexibility index (Phi) is 3.71. The van der Waals surface area contributed by atoms with Crippen LogP contribution in [0, 0.1) is 0 Å². The second-order valence-electron chi connectivity index (χ2n) is 3.32. The number of benzene rings is 1. The number of amides is 1. The maximum atomic E-state index is 10.7. The molecule has 0 spiro atoms. The largest absolute Gasteiger partial charge is 0.436 e. The Hall–Kier alpha value is -1.07. The standard InChI is InChI=1S/C10H12BrNO3/c1-10(6-13,15-9(12)14)7-2-4-8(11)5-3-7/h2-5,13H,6H2,1H3,(H2,12,14)/t10-/m0/s1.